The standard InChI is InChI=1S/C10H10BrF/c1-2-10(12)9-6-4-3-5-8(9)7-11/h2-6,10H,1,7H2. The van der Waals surface area contributed by atoms with E-state index < -0.39 is 6.17 Å². The zero-order valence-electron chi connectivity index (χ0n) is 6.63. The van der Waals surface area contributed by atoms with E-state index in [0.717, 1.165) is 5.56 Å². The SMILES string of the molecule is C=CC(F)c1ccccc1CBr. The highest BCUT2D eigenvalue weighted by atomic mass is 79.9. The van der Waals surface area contributed by atoms with Gasteiger partial charge in [-0.05, 0) is 11.1 Å². The summed E-state index contributed by atoms with van der Waals surface area (Å²) in [5, 5.41) is 0.678. The average molecular weight is 229 g/mol. The van der Waals surface area contributed by atoms with Gasteiger partial charge in [0.25, 0.3) is 0 Å². The molecule has 1 aromatic rings. The lowest BCUT2D eigenvalue weighted by atomic mass is 10.0. The number of benzene rings is 1. The third-order valence-electron chi connectivity index (χ3n) is 1.70. The second-order valence-corrected chi connectivity index (χ2v) is 3.03. The highest BCUT2D eigenvalue weighted by Gasteiger charge is 2.08. The lowest BCUT2D eigenvalue weighted by Gasteiger charge is -2.07. The zero-order valence-corrected chi connectivity index (χ0v) is 8.22. The summed E-state index contributed by atoms with van der Waals surface area (Å²) in [4.78, 5) is 0. The predicted octanol–water partition coefficient (Wildman–Crippen LogP) is 3.78. The normalized spacial score (nSPS) is 12.5. The Balaban J connectivity index is 3.04. The molecule has 2 heteroatoms. The fourth-order valence-electron chi connectivity index (χ4n) is 1.05. The smallest absolute Gasteiger partial charge is 0.143 e. The van der Waals surface area contributed by atoms with E-state index in [-0.39, 0.29) is 0 Å². The first-order chi connectivity index (χ1) is 5.79. The summed E-state index contributed by atoms with van der Waals surface area (Å²) in [5.74, 6) is 0. The monoisotopic (exact) mass is 228 g/mol. The van der Waals surface area contributed by atoms with Crippen molar-refractivity contribution >= 4 is 15.9 Å². The minimum atomic E-state index is -1.06. The summed E-state index contributed by atoms with van der Waals surface area (Å²) in [7, 11) is 0. The second kappa shape index (κ2) is 4.41. The molecule has 64 valence electrons. The third kappa shape index (κ3) is 1.95. The maximum Gasteiger partial charge on any atom is 0.143 e. The molecule has 12 heavy (non-hydrogen) atoms. The molecule has 0 aliphatic heterocycles. The Labute approximate surface area is 80.2 Å². The molecule has 0 fully saturated rings. The molecule has 0 aliphatic carbocycles. The molecule has 0 radical (unpaired) electrons. The molecular weight excluding hydrogens is 219 g/mol. The number of allylic oxidation sites excluding steroid dienone is 1. The largest absolute Gasteiger partial charge is 0.238 e. The van der Waals surface area contributed by atoms with Gasteiger partial charge in [-0.1, -0.05) is 52.9 Å². The van der Waals surface area contributed by atoms with Crippen molar-refractivity contribution in [1.82, 2.24) is 0 Å². The van der Waals surface area contributed by atoms with Crippen LogP contribution in [0.1, 0.15) is 17.3 Å². The summed E-state index contributed by atoms with van der Waals surface area (Å²) in [6.07, 6.45) is 0.250. The van der Waals surface area contributed by atoms with E-state index in [1.54, 1.807) is 6.07 Å². The van der Waals surface area contributed by atoms with Crippen LogP contribution in [0.4, 0.5) is 4.39 Å². The fraction of sp³-hybridized carbons (Fsp3) is 0.200. The van der Waals surface area contributed by atoms with Crippen molar-refractivity contribution < 1.29 is 4.39 Å². The highest BCUT2D eigenvalue weighted by Crippen LogP contribution is 2.23. The van der Waals surface area contributed by atoms with E-state index in [0.29, 0.717) is 10.9 Å². The molecule has 1 atom stereocenters. The van der Waals surface area contributed by atoms with Gasteiger partial charge in [-0.15, -0.1) is 0 Å². The Kier molecular flexibility index (Phi) is 3.48. The van der Waals surface area contributed by atoms with Gasteiger partial charge < -0.3 is 0 Å². The zero-order chi connectivity index (χ0) is 8.97. The molecule has 1 unspecified atom stereocenters. The van der Waals surface area contributed by atoms with Crippen LogP contribution in [0.2, 0.25) is 0 Å². The summed E-state index contributed by atoms with van der Waals surface area (Å²) in [5.41, 5.74) is 1.68. The van der Waals surface area contributed by atoms with Gasteiger partial charge in [-0.2, -0.15) is 0 Å². The maximum absolute atomic E-state index is 13.2. The third-order valence-corrected chi connectivity index (χ3v) is 2.31. The summed E-state index contributed by atoms with van der Waals surface area (Å²) in [6, 6.07) is 7.41. The van der Waals surface area contributed by atoms with Crippen LogP contribution in [0.15, 0.2) is 36.9 Å². The highest BCUT2D eigenvalue weighted by molar-refractivity contribution is 9.08. The molecular formula is C10H10BrF. The molecule has 0 N–H and O–H groups in total. The van der Waals surface area contributed by atoms with Crippen LogP contribution in [-0.2, 0) is 5.33 Å². The molecule has 0 nitrogen and oxygen atoms in total. The minimum absolute atomic E-state index is 0.678. The first kappa shape index (κ1) is 9.46. The van der Waals surface area contributed by atoms with Crippen molar-refractivity contribution in [3.8, 4) is 0 Å². The molecule has 0 saturated carbocycles. The van der Waals surface area contributed by atoms with Crippen molar-refractivity contribution in [2.45, 2.75) is 11.5 Å². The molecule has 0 spiro atoms. The van der Waals surface area contributed by atoms with Crippen molar-refractivity contribution in [3.63, 3.8) is 0 Å². The summed E-state index contributed by atoms with van der Waals surface area (Å²) in [6.45, 7) is 3.42. The van der Waals surface area contributed by atoms with Crippen molar-refractivity contribution in [2.24, 2.45) is 0 Å². The summed E-state index contributed by atoms with van der Waals surface area (Å²) < 4.78 is 13.2. The van der Waals surface area contributed by atoms with E-state index >= 15 is 0 Å². The molecule has 0 bridgehead atoms. The van der Waals surface area contributed by atoms with Crippen LogP contribution in [-0.4, -0.2) is 0 Å². The average Bonchev–Trinajstić information content (AvgIpc) is 2.16. The fourth-order valence-corrected chi connectivity index (χ4v) is 1.56. The van der Waals surface area contributed by atoms with E-state index in [4.69, 9.17) is 0 Å². The van der Waals surface area contributed by atoms with Gasteiger partial charge in [0.2, 0.25) is 0 Å². The van der Waals surface area contributed by atoms with Crippen LogP contribution in [0.5, 0.6) is 0 Å². The molecule has 1 rings (SSSR count). The van der Waals surface area contributed by atoms with Gasteiger partial charge in [0.1, 0.15) is 6.17 Å². The predicted molar refractivity (Wildman–Crippen MR) is 53.1 cm³/mol. The Hall–Kier alpha value is -0.630. The Bertz CT molecular complexity index is 270. The van der Waals surface area contributed by atoms with Gasteiger partial charge in [0.15, 0.2) is 0 Å². The number of rotatable bonds is 3. The minimum Gasteiger partial charge on any atom is -0.238 e. The van der Waals surface area contributed by atoms with Gasteiger partial charge >= 0.3 is 0 Å². The van der Waals surface area contributed by atoms with Crippen molar-refractivity contribution in [1.29, 1.82) is 0 Å². The van der Waals surface area contributed by atoms with E-state index in [1.807, 2.05) is 18.2 Å². The number of hydrogen-bond donors (Lipinski definition) is 0. The van der Waals surface area contributed by atoms with E-state index in [9.17, 15) is 4.39 Å². The second-order valence-electron chi connectivity index (χ2n) is 2.47. The lowest BCUT2D eigenvalue weighted by Crippen LogP contribution is -1.92. The van der Waals surface area contributed by atoms with Crippen molar-refractivity contribution in [2.75, 3.05) is 0 Å². The maximum atomic E-state index is 13.2. The van der Waals surface area contributed by atoms with Crippen molar-refractivity contribution in [3.05, 3.63) is 48.0 Å². The Morgan fingerprint density at radius 1 is 1.50 bits per heavy atom. The van der Waals surface area contributed by atoms with E-state index in [1.165, 1.54) is 6.08 Å². The van der Waals surface area contributed by atoms with Gasteiger partial charge in [0.05, 0.1) is 0 Å². The first-order valence-electron chi connectivity index (χ1n) is 3.70. The van der Waals surface area contributed by atoms with Crippen LogP contribution < -0.4 is 0 Å². The lowest BCUT2D eigenvalue weighted by molar-refractivity contribution is 0.413. The topological polar surface area (TPSA) is 0 Å². The molecule has 0 aliphatic rings. The number of hydrogen-bond acceptors (Lipinski definition) is 0. The molecule has 0 heterocycles. The molecule has 0 amide bonds. The number of alkyl halides is 2. The molecule has 0 saturated heterocycles. The molecule has 0 aromatic heterocycles. The van der Waals surface area contributed by atoms with Crippen LogP contribution in [0.3, 0.4) is 0 Å². The van der Waals surface area contributed by atoms with E-state index in [2.05, 4.69) is 22.5 Å². The number of halogens is 2. The first-order valence-corrected chi connectivity index (χ1v) is 4.82. The Morgan fingerprint density at radius 3 is 2.75 bits per heavy atom. The van der Waals surface area contributed by atoms with Crippen LogP contribution in [0, 0.1) is 0 Å². The molecule has 1 aromatic carbocycles. The van der Waals surface area contributed by atoms with Gasteiger partial charge in [-0.3, -0.25) is 0 Å². The van der Waals surface area contributed by atoms with Crippen LogP contribution in [0.25, 0.3) is 0 Å². The van der Waals surface area contributed by atoms with Gasteiger partial charge in [-0.25, -0.2) is 4.39 Å². The summed E-state index contributed by atoms with van der Waals surface area (Å²) >= 11 is 3.30. The quantitative estimate of drug-likeness (QED) is 0.546. The van der Waals surface area contributed by atoms with Gasteiger partial charge in [0, 0.05) is 5.33 Å². The Morgan fingerprint density at radius 2 is 2.17 bits per heavy atom. The van der Waals surface area contributed by atoms with Crippen LogP contribution >= 0.6 is 15.9 Å².